The molecule has 0 spiro atoms. The Morgan fingerprint density at radius 2 is 2.07 bits per heavy atom. The minimum absolute atomic E-state index is 0.315. The first kappa shape index (κ1) is 11.2. The van der Waals surface area contributed by atoms with Crippen molar-refractivity contribution >= 4 is 25.8 Å². The van der Waals surface area contributed by atoms with Gasteiger partial charge in [0.05, 0.1) is 6.26 Å². The van der Waals surface area contributed by atoms with Gasteiger partial charge in [0.2, 0.25) is 9.84 Å². The SMILES string of the molecule is CS(=O)(=O)C#Cc1cc(F)ccc1Br. The van der Waals surface area contributed by atoms with Crippen molar-refractivity contribution in [1.29, 1.82) is 0 Å². The van der Waals surface area contributed by atoms with Gasteiger partial charge >= 0.3 is 0 Å². The zero-order valence-corrected chi connectivity index (χ0v) is 9.62. The fourth-order valence-electron chi connectivity index (χ4n) is 0.741. The molecular weight excluding hydrogens is 271 g/mol. The summed E-state index contributed by atoms with van der Waals surface area (Å²) in [6, 6.07) is 3.90. The van der Waals surface area contributed by atoms with E-state index in [-0.39, 0.29) is 0 Å². The molecule has 1 rings (SSSR count). The number of halogens is 2. The highest BCUT2D eigenvalue weighted by Gasteiger charge is 1.99. The smallest absolute Gasteiger partial charge is 0.214 e. The monoisotopic (exact) mass is 276 g/mol. The number of hydrogen-bond acceptors (Lipinski definition) is 2. The Labute approximate surface area is 90.2 Å². The Kier molecular flexibility index (Phi) is 3.29. The fourth-order valence-corrected chi connectivity index (χ4v) is 1.38. The van der Waals surface area contributed by atoms with Gasteiger partial charge in [0.15, 0.2) is 0 Å². The first-order valence-corrected chi connectivity index (χ1v) is 6.25. The van der Waals surface area contributed by atoms with E-state index in [2.05, 4.69) is 21.9 Å². The second-order valence-electron chi connectivity index (χ2n) is 2.62. The first-order valence-electron chi connectivity index (χ1n) is 3.56. The minimum atomic E-state index is -3.36. The summed E-state index contributed by atoms with van der Waals surface area (Å²) in [6.45, 7) is 0. The predicted molar refractivity (Wildman–Crippen MR) is 55.8 cm³/mol. The van der Waals surface area contributed by atoms with Crippen LogP contribution in [-0.2, 0) is 9.84 Å². The van der Waals surface area contributed by atoms with Crippen molar-refractivity contribution in [3.8, 4) is 11.2 Å². The van der Waals surface area contributed by atoms with Crippen LogP contribution in [0.25, 0.3) is 0 Å². The van der Waals surface area contributed by atoms with Crippen molar-refractivity contribution in [3.63, 3.8) is 0 Å². The molecular formula is C9H6BrFO2S. The maximum atomic E-state index is 12.7. The molecule has 1 aromatic rings. The summed E-state index contributed by atoms with van der Waals surface area (Å²) >= 11 is 3.13. The second-order valence-corrected chi connectivity index (χ2v) is 5.23. The Hall–Kier alpha value is -0.860. The van der Waals surface area contributed by atoms with Crippen molar-refractivity contribution in [2.45, 2.75) is 0 Å². The van der Waals surface area contributed by atoms with Crippen LogP contribution in [0.3, 0.4) is 0 Å². The normalized spacial score (nSPS) is 10.5. The van der Waals surface area contributed by atoms with E-state index in [9.17, 15) is 12.8 Å². The molecule has 0 saturated carbocycles. The lowest BCUT2D eigenvalue weighted by molar-refractivity contribution is 0.611. The van der Waals surface area contributed by atoms with Crippen molar-refractivity contribution in [2.75, 3.05) is 6.26 Å². The maximum absolute atomic E-state index is 12.7. The summed E-state index contributed by atoms with van der Waals surface area (Å²) in [6.07, 6.45) is 0.993. The summed E-state index contributed by atoms with van der Waals surface area (Å²) < 4.78 is 34.7. The van der Waals surface area contributed by atoms with E-state index in [1.165, 1.54) is 18.2 Å². The minimum Gasteiger partial charge on any atom is -0.216 e. The van der Waals surface area contributed by atoms with E-state index in [4.69, 9.17) is 0 Å². The van der Waals surface area contributed by atoms with E-state index in [1.54, 1.807) is 0 Å². The average Bonchev–Trinajstić information content (AvgIpc) is 2.05. The van der Waals surface area contributed by atoms with Gasteiger partial charge in [-0.1, -0.05) is 0 Å². The van der Waals surface area contributed by atoms with Gasteiger partial charge in [-0.25, -0.2) is 12.8 Å². The molecule has 0 bridgehead atoms. The molecule has 1 aromatic carbocycles. The topological polar surface area (TPSA) is 34.1 Å². The summed E-state index contributed by atoms with van der Waals surface area (Å²) in [5.41, 5.74) is 0.315. The average molecular weight is 277 g/mol. The predicted octanol–water partition coefficient (Wildman–Crippen LogP) is 1.94. The number of hydrogen-bond donors (Lipinski definition) is 0. The Morgan fingerprint density at radius 1 is 1.43 bits per heavy atom. The highest BCUT2D eigenvalue weighted by molar-refractivity contribution is 9.10. The lowest BCUT2D eigenvalue weighted by Crippen LogP contribution is -1.89. The van der Waals surface area contributed by atoms with Crippen LogP contribution in [0.1, 0.15) is 5.56 Å². The van der Waals surface area contributed by atoms with E-state index in [0.717, 1.165) is 6.26 Å². The molecule has 14 heavy (non-hydrogen) atoms. The molecule has 0 fully saturated rings. The molecule has 74 valence electrons. The summed E-state index contributed by atoms with van der Waals surface area (Å²) in [4.78, 5) is 0. The van der Waals surface area contributed by atoms with Gasteiger partial charge in [-0.05, 0) is 40.0 Å². The molecule has 0 aromatic heterocycles. The van der Waals surface area contributed by atoms with E-state index in [0.29, 0.717) is 10.0 Å². The maximum Gasteiger partial charge on any atom is 0.214 e. The van der Waals surface area contributed by atoms with Gasteiger partial charge in [0.25, 0.3) is 0 Å². The van der Waals surface area contributed by atoms with Crippen LogP contribution in [0.5, 0.6) is 0 Å². The van der Waals surface area contributed by atoms with Crippen molar-refractivity contribution < 1.29 is 12.8 Å². The Morgan fingerprint density at radius 3 is 2.64 bits per heavy atom. The van der Waals surface area contributed by atoms with Crippen LogP contribution in [-0.4, -0.2) is 14.7 Å². The van der Waals surface area contributed by atoms with Crippen molar-refractivity contribution in [3.05, 3.63) is 34.1 Å². The highest BCUT2D eigenvalue weighted by Crippen LogP contribution is 2.16. The Bertz CT molecular complexity index is 511. The number of benzene rings is 1. The van der Waals surface area contributed by atoms with Crippen LogP contribution >= 0.6 is 15.9 Å². The molecule has 2 nitrogen and oxygen atoms in total. The molecule has 0 aliphatic heterocycles. The van der Waals surface area contributed by atoms with Crippen LogP contribution in [0.4, 0.5) is 4.39 Å². The summed E-state index contributed by atoms with van der Waals surface area (Å²) in [5.74, 6) is 1.92. The van der Waals surface area contributed by atoms with Crippen molar-refractivity contribution in [1.82, 2.24) is 0 Å². The van der Waals surface area contributed by atoms with Crippen molar-refractivity contribution in [2.24, 2.45) is 0 Å². The van der Waals surface area contributed by atoms with Gasteiger partial charge in [0.1, 0.15) is 5.82 Å². The molecule has 5 heteroatoms. The summed E-state index contributed by atoms with van der Waals surface area (Å²) in [7, 11) is -3.36. The summed E-state index contributed by atoms with van der Waals surface area (Å²) in [5, 5.41) is 2.03. The Balaban J connectivity index is 3.19. The van der Waals surface area contributed by atoms with Gasteiger partial charge < -0.3 is 0 Å². The number of sulfone groups is 1. The van der Waals surface area contributed by atoms with Crippen LogP contribution < -0.4 is 0 Å². The molecule has 0 atom stereocenters. The van der Waals surface area contributed by atoms with Crippen LogP contribution in [0.15, 0.2) is 22.7 Å². The van der Waals surface area contributed by atoms with Gasteiger partial charge in [-0.2, -0.15) is 0 Å². The first-order chi connectivity index (χ1) is 6.38. The van der Waals surface area contributed by atoms with Crippen LogP contribution in [0, 0.1) is 17.0 Å². The van der Waals surface area contributed by atoms with Gasteiger partial charge in [-0.15, -0.1) is 0 Å². The van der Waals surface area contributed by atoms with E-state index < -0.39 is 15.7 Å². The second kappa shape index (κ2) is 4.11. The van der Waals surface area contributed by atoms with E-state index in [1.807, 2.05) is 5.25 Å². The third-order valence-electron chi connectivity index (χ3n) is 1.30. The van der Waals surface area contributed by atoms with Gasteiger partial charge in [-0.3, -0.25) is 0 Å². The fraction of sp³-hybridized carbons (Fsp3) is 0.111. The van der Waals surface area contributed by atoms with Gasteiger partial charge in [0, 0.05) is 15.3 Å². The lowest BCUT2D eigenvalue weighted by atomic mass is 10.2. The standard InChI is InChI=1S/C9H6BrFO2S/c1-14(12,13)5-4-7-6-8(11)2-3-9(7)10/h2-3,6H,1H3. The molecule has 0 radical (unpaired) electrons. The third kappa shape index (κ3) is 3.48. The molecule has 0 N–H and O–H groups in total. The lowest BCUT2D eigenvalue weighted by Gasteiger charge is -1.94. The van der Waals surface area contributed by atoms with Crippen LogP contribution in [0.2, 0.25) is 0 Å². The zero-order chi connectivity index (χ0) is 10.8. The molecule has 0 aliphatic carbocycles. The highest BCUT2D eigenvalue weighted by atomic mass is 79.9. The number of rotatable bonds is 0. The zero-order valence-electron chi connectivity index (χ0n) is 7.21. The quantitative estimate of drug-likeness (QED) is 0.679. The molecule has 0 amide bonds. The third-order valence-corrected chi connectivity index (χ3v) is 2.46. The van der Waals surface area contributed by atoms with E-state index >= 15 is 0 Å². The molecule has 0 aliphatic rings. The largest absolute Gasteiger partial charge is 0.216 e. The molecule has 0 unspecified atom stereocenters. The molecule has 0 heterocycles. The molecule has 0 saturated heterocycles.